The lowest BCUT2D eigenvalue weighted by Gasteiger charge is -2.35. The van der Waals surface area contributed by atoms with E-state index in [1.807, 2.05) is 37.3 Å². The Morgan fingerprint density at radius 2 is 1.73 bits per heavy atom. The molecule has 2 heterocycles. The van der Waals surface area contributed by atoms with Crippen LogP contribution in [0.5, 0.6) is 0 Å². The molecule has 4 rings (SSSR count). The fraction of sp³-hybridized carbons (Fsp3) is 0.217. The molecular weight excluding hydrogens is 402 g/mol. The van der Waals surface area contributed by atoms with Crippen LogP contribution in [0.3, 0.4) is 0 Å². The van der Waals surface area contributed by atoms with Gasteiger partial charge in [0.1, 0.15) is 0 Å². The summed E-state index contributed by atoms with van der Waals surface area (Å²) in [6, 6.07) is 16.4. The Balaban J connectivity index is 1.34. The zero-order chi connectivity index (χ0) is 21.1. The van der Waals surface area contributed by atoms with Gasteiger partial charge in [-0.15, -0.1) is 0 Å². The number of hydrogen-bond acceptors (Lipinski definition) is 4. The Morgan fingerprint density at radius 1 is 1.00 bits per heavy atom. The van der Waals surface area contributed by atoms with Crippen molar-refractivity contribution in [2.24, 2.45) is 0 Å². The number of aryl methyl sites for hydroxylation is 1. The van der Waals surface area contributed by atoms with Gasteiger partial charge < -0.3 is 19.5 Å². The number of furan rings is 1. The lowest BCUT2D eigenvalue weighted by molar-refractivity contribution is 0.0714. The fourth-order valence-electron chi connectivity index (χ4n) is 3.42. The van der Waals surface area contributed by atoms with Gasteiger partial charge in [0.2, 0.25) is 0 Å². The first kappa shape index (κ1) is 20.0. The minimum absolute atomic E-state index is 0.0751. The van der Waals surface area contributed by atoms with Crippen molar-refractivity contribution in [1.29, 1.82) is 0 Å². The minimum Gasteiger partial charge on any atom is -0.459 e. The zero-order valence-corrected chi connectivity index (χ0v) is 17.4. The molecule has 0 spiro atoms. The summed E-state index contributed by atoms with van der Waals surface area (Å²) in [5.74, 6) is 0.0991. The molecule has 2 aromatic carbocycles. The maximum absolute atomic E-state index is 12.4. The molecule has 0 aliphatic carbocycles. The molecule has 7 heteroatoms. The number of nitrogens with one attached hydrogen (secondary N) is 1. The molecule has 30 heavy (non-hydrogen) atoms. The normalized spacial score (nSPS) is 13.9. The SMILES string of the molecule is Cc1ccc(C(=O)Nc2ccc(N3CCN(C(=O)c4ccco4)CC3)cc2)cc1Cl. The van der Waals surface area contributed by atoms with Crippen molar-refractivity contribution in [1.82, 2.24) is 4.90 Å². The van der Waals surface area contributed by atoms with Crippen LogP contribution in [0.4, 0.5) is 11.4 Å². The second-order valence-corrected chi connectivity index (χ2v) is 7.63. The highest BCUT2D eigenvalue weighted by Gasteiger charge is 2.23. The molecular formula is C23H22ClN3O3. The van der Waals surface area contributed by atoms with Gasteiger partial charge in [0.05, 0.1) is 6.26 Å². The van der Waals surface area contributed by atoms with Crippen LogP contribution < -0.4 is 10.2 Å². The summed E-state index contributed by atoms with van der Waals surface area (Å²) in [7, 11) is 0. The van der Waals surface area contributed by atoms with Gasteiger partial charge in [-0.2, -0.15) is 0 Å². The summed E-state index contributed by atoms with van der Waals surface area (Å²) in [5.41, 5.74) is 3.22. The summed E-state index contributed by atoms with van der Waals surface area (Å²) in [6.07, 6.45) is 1.51. The van der Waals surface area contributed by atoms with Crippen molar-refractivity contribution in [3.63, 3.8) is 0 Å². The van der Waals surface area contributed by atoms with E-state index < -0.39 is 0 Å². The second kappa shape index (κ2) is 8.63. The molecule has 1 saturated heterocycles. The van der Waals surface area contributed by atoms with Crippen molar-refractivity contribution in [3.05, 3.63) is 82.8 Å². The van der Waals surface area contributed by atoms with Crippen LogP contribution in [0, 0.1) is 6.92 Å². The molecule has 1 aliphatic heterocycles. The van der Waals surface area contributed by atoms with Crippen LogP contribution in [-0.4, -0.2) is 42.9 Å². The Labute approximate surface area is 180 Å². The van der Waals surface area contributed by atoms with Crippen LogP contribution >= 0.6 is 11.6 Å². The van der Waals surface area contributed by atoms with Gasteiger partial charge in [-0.1, -0.05) is 17.7 Å². The van der Waals surface area contributed by atoms with Crippen LogP contribution in [0.2, 0.25) is 5.02 Å². The van der Waals surface area contributed by atoms with E-state index in [9.17, 15) is 9.59 Å². The third-order valence-electron chi connectivity index (χ3n) is 5.22. The molecule has 6 nitrogen and oxygen atoms in total. The van der Waals surface area contributed by atoms with Crippen molar-refractivity contribution >= 4 is 34.8 Å². The Kier molecular flexibility index (Phi) is 5.77. The quantitative estimate of drug-likeness (QED) is 0.673. The van der Waals surface area contributed by atoms with Crippen molar-refractivity contribution in [3.8, 4) is 0 Å². The number of benzene rings is 2. The highest BCUT2D eigenvalue weighted by atomic mass is 35.5. The van der Waals surface area contributed by atoms with E-state index in [1.165, 1.54) is 6.26 Å². The number of carbonyl (C=O) groups excluding carboxylic acids is 2. The molecule has 0 radical (unpaired) electrons. The first-order valence-electron chi connectivity index (χ1n) is 9.76. The average molecular weight is 424 g/mol. The maximum Gasteiger partial charge on any atom is 0.289 e. The number of amides is 2. The van der Waals surface area contributed by atoms with E-state index in [0.29, 0.717) is 35.1 Å². The molecule has 154 valence electrons. The minimum atomic E-state index is -0.199. The standard InChI is InChI=1S/C23H22ClN3O3/c1-16-4-5-17(15-20(16)24)22(28)25-18-6-8-19(9-7-18)26-10-12-27(13-11-26)23(29)21-3-2-14-30-21/h2-9,14-15H,10-13H2,1H3,(H,25,28). The number of hydrogen-bond donors (Lipinski definition) is 1. The third-order valence-corrected chi connectivity index (χ3v) is 5.63. The Morgan fingerprint density at radius 3 is 2.37 bits per heavy atom. The molecule has 0 unspecified atom stereocenters. The van der Waals surface area contributed by atoms with Crippen LogP contribution in [-0.2, 0) is 0 Å². The van der Waals surface area contributed by atoms with Crippen molar-refractivity contribution < 1.29 is 14.0 Å². The Hall–Kier alpha value is -3.25. The van der Waals surface area contributed by atoms with Gasteiger partial charge in [0, 0.05) is 48.1 Å². The Bertz CT molecular complexity index is 1040. The number of piperazine rings is 1. The van der Waals surface area contributed by atoms with Crippen LogP contribution in [0.25, 0.3) is 0 Å². The van der Waals surface area contributed by atoms with E-state index >= 15 is 0 Å². The third kappa shape index (κ3) is 4.33. The predicted octanol–water partition coefficient (Wildman–Crippen LogP) is 4.46. The fourth-order valence-corrected chi connectivity index (χ4v) is 3.60. The molecule has 2 amide bonds. The molecule has 1 aromatic heterocycles. The van der Waals surface area contributed by atoms with E-state index in [-0.39, 0.29) is 11.8 Å². The van der Waals surface area contributed by atoms with Crippen LogP contribution in [0.1, 0.15) is 26.5 Å². The van der Waals surface area contributed by atoms with Gasteiger partial charge in [-0.3, -0.25) is 9.59 Å². The summed E-state index contributed by atoms with van der Waals surface area (Å²) in [6.45, 7) is 4.63. The molecule has 1 aliphatic rings. The monoisotopic (exact) mass is 423 g/mol. The number of rotatable bonds is 4. The molecule has 1 N–H and O–H groups in total. The lowest BCUT2D eigenvalue weighted by atomic mass is 10.1. The molecule has 0 saturated carbocycles. The average Bonchev–Trinajstić information content (AvgIpc) is 3.31. The highest BCUT2D eigenvalue weighted by Crippen LogP contribution is 2.22. The van der Waals surface area contributed by atoms with Gasteiger partial charge in [0.15, 0.2) is 5.76 Å². The molecule has 1 fully saturated rings. The predicted molar refractivity (Wildman–Crippen MR) is 117 cm³/mol. The topological polar surface area (TPSA) is 65.8 Å². The number of halogens is 1. The molecule has 3 aromatic rings. The van der Waals surface area contributed by atoms with E-state index in [2.05, 4.69) is 10.2 Å². The van der Waals surface area contributed by atoms with Gasteiger partial charge >= 0.3 is 0 Å². The van der Waals surface area contributed by atoms with E-state index in [0.717, 1.165) is 24.3 Å². The van der Waals surface area contributed by atoms with Gasteiger partial charge in [0.25, 0.3) is 11.8 Å². The number of carbonyl (C=O) groups is 2. The summed E-state index contributed by atoms with van der Waals surface area (Å²) in [5, 5.41) is 3.47. The summed E-state index contributed by atoms with van der Waals surface area (Å²) in [4.78, 5) is 28.8. The number of nitrogens with zero attached hydrogens (tertiary/aromatic N) is 2. The van der Waals surface area contributed by atoms with Crippen molar-refractivity contribution in [2.75, 3.05) is 36.4 Å². The number of anilines is 2. The van der Waals surface area contributed by atoms with Crippen LogP contribution in [0.15, 0.2) is 65.3 Å². The second-order valence-electron chi connectivity index (χ2n) is 7.22. The first-order chi connectivity index (χ1) is 14.5. The largest absolute Gasteiger partial charge is 0.459 e. The van der Waals surface area contributed by atoms with Gasteiger partial charge in [-0.25, -0.2) is 0 Å². The molecule has 0 bridgehead atoms. The lowest BCUT2D eigenvalue weighted by Crippen LogP contribution is -2.48. The maximum atomic E-state index is 12.4. The first-order valence-corrected chi connectivity index (χ1v) is 10.1. The summed E-state index contributed by atoms with van der Waals surface area (Å²) >= 11 is 6.11. The zero-order valence-electron chi connectivity index (χ0n) is 16.6. The van der Waals surface area contributed by atoms with Gasteiger partial charge in [-0.05, 0) is 61.0 Å². The van der Waals surface area contributed by atoms with E-state index in [1.54, 1.807) is 29.2 Å². The van der Waals surface area contributed by atoms with E-state index in [4.69, 9.17) is 16.0 Å². The summed E-state index contributed by atoms with van der Waals surface area (Å²) < 4.78 is 5.20. The van der Waals surface area contributed by atoms with Crippen molar-refractivity contribution in [2.45, 2.75) is 6.92 Å². The highest BCUT2D eigenvalue weighted by molar-refractivity contribution is 6.31. The smallest absolute Gasteiger partial charge is 0.289 e. The molecule has 0 atom stereocenters.